The molecule has 0 spiro atoms. The number of aromatic nitrogens is 2. The number of amides is 1. The summed E-state index contributed by atoms with van der Waals surface area (Å²) in [6, 6.07) is 8.27. The molecule has 5 nitrogen and oxygen atoms in total. The number of anilines is 1. The lowest BCUT2D eigenvalue weighted by Crippen LogP contribution is -2.24. The Balaban J connectivity index is 1.63. The normalized spacial score (nSPS) is 13.6. The van der Waals surface area contributed by atoms with Crippen LogP contribution in [-0.4, -0.2) is 22.0 Å². The summed E-state index contributed by atoms with van der Waals surface area (Å²) < 4.78 is 2.43. The molecule has 3 heterocycles. The molecule has 27 heavy (non-hydrogen) atoms. The van der Waals surface area contributed by atoms with Gasteiger partial charge in [-0.2, -0.15) is 0 Å². The van der Waals surface area contributed by atoms with E-state index in [0.717, 1.165) is 43.1 Å². The topological polar surface area (TPSA) is 59.0 Å². The molecule has 4 rings (SSSR count). The number of hydrogen-bond donors (Lipinski definition) is 2. The van der Waals surface area contributed by atoms with E-state index in [1.54, 1.807) is 0 Å². The van der Waals surface area contributed by atoms with E-state index in [1.807, 2.05) is 19.2 Å². The van der Waals surface area contributed by atoms with Crippen molar-refractivity contribution in [2.45, 2.75) is 39.8 Å². The Hall–Kier alpha value is -2.37. The van der Waals surface area contributed by atoms with Gasteiger partial charge in [-0.25, -0.2) is 4.98 Å². The van der Waals surface area contributed by atoms with Crippen LogP contribution in [0.3, 0.4) is 0 Å². The third kappa shape index (κ3) is 3.57. The van der Waals surface area contributed by atoms with Crippen LogP contribution in [0.2, 0.25) is 5.02 Å². The fourth-order valence-electron chi connectivity index (χ4n) is 3.92. The van der Waals surface area contributed by atoms with Crippen LogP contribution in [-0.2, 0) is 30.7 Å². The van der Waals surface area contributed by atoms with Gasteiger partial charge in [0.15, 0.2) is 0 Å². The first-order valence-corrected chi connectivity index (χ1v) is 9.64. The zero-order valence-electron chi connectivity index (χ0n) is 15.6. The Morgan fingerprint density at radius 1 is 1.37 bits per heavy atom. The molecule has 0 saturated carbocycles. The average Bonchev–Trinajstić information content (AvgIpc) is 2.95. The molecular formula is C21H23ClN4O. The Morgan fingerprint density at radius 2 is 2.22 bits per heavy atom. The summed E-state index contributed by atoms with van der Waals surface area (Å²) in [5.41, 5.74) is 6.17. The molecule has 0 atom stereocenters. The third-order valence-electron chi connectivity index (χ3n) is 5.14. The molecule has 0 saturated heterocycles. The van der Waals surface area contributed by atoms with Crippen molar-refractivity contribution >= 4 is 34.2 Å². The van der Waals surface area contributed by atoms with E-state index < -0.39 is 0 Å². The SMILES string of the molecule is CC(=O)Nc1ncc(CCn2c3c(c4cc(Cl)ccc42)CNCC3)cc1C. The zero-order chi connectivity index (χ0) is 19.0. The van der Waals surface area contributed by atoms with Gasteiger partial charge in [-0.05, 0) is 48.2 Å². The minimum atomic E-state index is -0.101. The second kappa shape index (κ2) is 7.33. The Kier molecular flexibility index (Phi) is 4.89. The average molecular weight is 383 g/mol. The van der Waals surface area contributed by atoms with Crippen LogP contribution in [0, 0.1) is 6.92 Å². The molecule has 0 bridgehead atoms. The molecule has 3 aromatic rings. The van der Waals surface area contributed by atoms with E-state index in [4.69, 9.17) is 11.6 Å². The van der Waals surface area contributed by atoms with Crippen LogP contribution in [0.5, 0.6) is 0 Å². The molecule has 0 fully saturated rings. The third-order valence-corrected chi connectivity index (χ3v) is 5.38. The number of pyridine rings is 1. The van der Waals surface area contributed by atoms with Gasteiger partial charge in [-0.3, -0.25) is 4.79 Å². The predicted molar refractivity (Wildman–Crippen MR) is 109 cm³/mol. The van der Waals surface area contributed by atoms with E-state index in [9.17, 15) is 4.79 Å². The van der Waals surface area contributed by atoms with E-state index in [-0.39, 0.29) is 5.91 Å². The van der Waals surface area contributed by atoms with Crippen molar-refractivity contribution in [3.05, 3.63) is 57.9 Å². The summed E-state index contributed by atoms with van der Waals surface area (Å²) in [5.74, 6) is 0.534. The largest absolute Gasteiger partial charge is 0.344 e. The first kappa shape index (κ1) is 18.0. The fraction of sp³-hybridized carbons (Fsp3) is 0.333. The Bertz CT molecular complexity index is 1020. The number of nitrogens with zero attached hydrogens (tertiary/aromatic N) is 2. The van der Waals surface area contributed by atoms with Crippen LogP contribution >= 0.6 is 11.6 Å². The van der Waals surface area contributed by atoms with E-state index in [2.05, 4.69) is 38.4 Å². The number of benzene rings is 1. The van der Waals surface area contributed by atoms with Gasteiger partial charge in [-0.1, -0.05) is 17.7 Å². The lowest BCUT2D eigenvalue weighted by molar-refractivity contribution is -0.114. The molecule has 1 amide bonds. The van der Waals surface area contributed by atoms with Crippen molar-refractivity contribution in [3.8, 4) is 0 Å². The highest BCUT2D eigenvalue weighted by molar-refractivity contribution is 6.31. The number of carbonyl (C=O) groups excluding carboxylic acids is 1. The number of carbonyl (C=O) groups is 1. The van der Waals surface area contributed by atoms with Crippen molar-refractivity contribution in [2.75, 3.05) is 11.9 Å². The molecular weight excluding hydrogens is 360 g/mol. The Morgan fingerprint density at radius 3 is 3.00 bits per heavy atom. The highest BCUT2D eigenvalue weighted by Gasteiger charge is 2.19. The molecule has 1 aromatic carbocycles. The first-order chi connectivity index (χ1) is 13.0. The number of hydrogen-bond acceptors (Lipinski definition) is 3. The molecule has 2 N–H and O–H groups in total. The highest BCUT2D eigenvalue weighted by atomic mass is 35.5. The van der Waals surface area contributed by atoms with Crippen molar-refractivity contribution in [2.24, 2.45) is 0 Å². The van der Waals surface area contributed by atoms with Crippen LogP contribution < -0.4 is 10.6 Å². The lowest BCUT2D eigenvalue weighted by atomic mass is 10.1. The summed E-state index contributed by atoms with van der Waals surface area (Å²) in [4.78, 5) is 15.7. The molecule has 0 unspecified atom stereocenters. The molecule has 6 heteroatoms. The molecule has 1 aliphatic rings. The molecule has 2 aromatic heterocycles. The van der Waals surface area contributed by atoms with Gasteiger partial charge in [0.25, 0.3) is 0 Å². The number of nitrogens with one attached hydrogen (secondary N) is 2. The maximum absolute atomic E-state index is 11.2. The summed E-state index contributed by atoms with van der Waals surface area (Å²) >= 11 is 6.24. The van der Waals surface area contributed by atoms with E-state index in [0.29, 0.717) is 5.82 Å². The molecule has 1 aliphatic heterocycles. The van der Waals surface area contributed by atoms with E-state index in [1.165, 1.54) is 34.6 Å². The maximum Gasteiger partial charge on any atom is 0.222 e. The smallest absolute Gasteiger partial charge is 0.222 e. The van der Waals surface area contributed by atoms with Crippen molar-refractivity contribution < 1.29 is 4.79 Å². The minimum absolute atomic E-state index is 0.101. The quantitative estimate of drug-likeness (QED) is 0.720. The number of rotatable bonds is 4. The predicted octanol–water partition coefficient (Wildman–Crippen LogP) is 3.84. The van der Waals surface area contributed by atoms with Gasteiger partial charge in [0.1, 0.15) is 5.82 Å². The van der Waals surface area contributed by atoms with E-state index >= 15 is 0 Å². The summed E-state index contributed by atoms with van der Waals surface area (Å²) in [5, 5.41) is 8.26. The number of aryl methyl sites for hydroxylation is 3. The molecule has 0 radical (unpaired) electrons. The minimum Gasteiger partial charge on any atom is -0.344 e. The van der Waals surface area contributed by atoms with Crippen molar-refractivity contribution in [1.29, 1.82) is 0 Å². The Labute approximate surface area is 163 Å². The summed E-state index contributed by atoms with van der Waals surface area (Å²) in [7, 11) is 0. The van der Waals surface area contributed by atoms with Gasteiger partial charge in [-0.15, -0.1) is 0 Å². The maximum atomic E-state index is 11.2. The zero-order valence-corrected chi connectivity index (χ0v) is 16.4. The van der Waals surface area contributed by atoms with Crippen LogP contribution in [0.4, 0.5) is 5.82 Å². The van der Waals surface area contributed by atoms with Gasteiger partial charge < -0.3 is 15.2 Å². The monoisotopic (exact) mass is 382 g/mol. The number of fused-ring (bicyclic) bond motifs is 3. The summed E-state index contributed by atoms with van der Waals surface area (Å²) in [6.07, 6.45) is 3.77. The second-order valence-electron chi connectivity index (χ2n) is 7.11. The van der Waals surface area contributed by atoms with Gasteiger partial charge in [0, 0.05) is 60.8 Å². The first-order valence-electron chi connectivity index (χ1n) is 9.26. The van der Waals surface area contributed by atoms with Crippen molar-refractivity contribution in [1.82, 2.24) is 14.9 Å². The second-order valence-corrected chi connectivity index (χ2v) is 7.54. The van der Waals surface area contributed by atoms with Crippen LogP contribution in [0.1, 0.15) is 29.3 Å². The van der Waals surface area contributed by atoms with Gasteiger partial charge >= 0.3 is 0 Å². The molecule has 0 aliphatic carbocycles. The fourth-order valence-corrected chi connectivity index (χ4v) is 4.09. The lowest BCUT2D eigenvalue weighted by Gasteiger charge is -2.17. The molecule has 140 valence electrons. The number of halogens is 1. The van der Waals surface area contributed by atoms with Gasteiger partial charge in [0.2, 0.25) is 5.91 Å². The highest BCUT2D eigenvalue weighted by Crippen LogP contribution is 2.31. The van der Waals surface area contributed by atoms with Crippen LogP contribution in [0.25, 0.3) is 10.9 Å². The van der Waals surface area contributed by atoms with Crippen molar-refractivity contribution in [3.63, 3.8) is 0 Å². The standard InChI is InChI=1S/C21H23ClN4O/c1-13-9-15(11-24-21(13)25-14(2)27)6-8-26-19-4-3-16(22)10-17(19)18-12-23-7-5-20(18)26/h3-4,9-11,23H,5-8,12H2,1-2H3,(H,24,25,27). The summed E-state index contributed by atoms with van der Waals surface area (Å²) in [6.45, 7) is 6.27. The van der Waals surface area contributed by atoms with Crippen LogP contribution in [0.15, 0.2) is 30.5 Å². The van der Waals surface area contributed by atoms with Gasteiger partial charge in [0.05, 0.1) is 0 Å².